The van der Waals surface area contributed by atoms with Crippen molar-refractivity contribution in [3.8, 4) is 5.75 Å². The quantitative estimate of drug-likeness (QED) is 0.888. The van der Waals surface area contributed by atoms with E-state index in [-0.39, 0.29) is 0 Å². The first-order valence-corrected chi connectivity index (χ1v) is 6.78. The van der Waals surface area contributed by atoms with Crippen LogP contribution in [0.2, 0.25) is 0 Å². The molecule has 0 radical (unpaired) electrons. The Kier molecular flexibility index (Phi) is 4.25. The van der Waals surface area contributed by atoms with Gasteiger partial charge in [0.25, 0.3) is 0 Å². The van der Waals surface area contributed by atoms with Crippen molar-refractivity contribution in [3.63, 3.8) is 0 Å². The van der Waals surface area contributed by atoms with E-state index in [2.05, 4.69) is 43.2 Å². The van der Waals surface area contributed by atoms with Crippen LogP contribution in [0.4, 0.5) is 0 Å². The van der Waals surface area contributed by atoms with Gasteiger partial charge in [-0.05, 0) is 50.6 Å². The lowest BCUT2D eigenvalue weighted by molar-refractivity contribution is 0.201. The fraction of sp³-hybridized carbons (Fsp3) is 0.600. The summed E-state index contributed by atoms with van der Waals surface area (Å²) in [5.41, 5.74) is 3.98. The summed E-state index contributed by atoms with van der Waals surface area (Å²) in [7, 11) is 2.21. The van der Waals surface area contributed by atoms with Crippen LogP contribution in [0.15, 0.2) is 12.1 Å². The molecule has 2 rings (SSSR count). The normalized spacial score (nSPS) is 21.0. The molecule has 1 aromatic rings. The molecule has 18 heavy (non-hydrogen) atoms. The highest BCUT2D eigenvalue weighted by Crippen LogP contribution is 2.29. The van der Waals surface area contributed by atoms with Gasteiger partial charge in [-0.1, -0.05) is 6.07 Å². The van der Waals surface area contributed by atoms with Gasteiger partial charge in [-0.15, -0.1) is 0 Å². The molecule has 1 aliphatic rings. The number of likely N-dealkylation sites (N-methyl/N-ethyl adjacent to an activating group) is 1. The zero-order valence-corrected chi connectivity index (χ0v) is 11.9. The number of piperazine rings is 1. The largest absolute Gasteiger partial charge is 0.494 e. The summed E-state index contributed by atoms with van der Waals surface area (Å²) in [6, 6.07) is 4.94. The van der Waals surface area contributed by atoms with E-state index in [0.717, 1.165) is 32.0 Å². The third-order valence-electron chi connectivity index (χ3n) is 3.73. The predicted octanol–water partition coefficient (Wildman–Crippen LogP) is 2.28. The van der Waals surface area contributed by atoms with Gasteiger partial charge in [-0.3, -0.25) is 4.90 Å². The van der Waals surface area contributed by atoms with Crippen LogP contribution < -0.4 is 10.1 Å². The van der Waals surface area contributed by atoms with E-state index in [4.69, 9.17) is 4.74 Å². The van der Waals surface area contributed by atoms with E-state index in [0.29, 0.717) is 6.04 Å². The minimum atomic E-state index is 0.480. The summed E-state index contributed by atoms with van der Waals surface area (Å²) in [5.74, 6) is 1.02. The average Bonchev–Trinajstić information content (AvgIpc) is 2.35. The fourth-order valence-electron chi connectivity index (χ4n) is 2.64. The summed E-state index contributed by atoms with van der Waals surface area (Å²) in [4.78, 5) is 2.43. The molecule has 0 saturated carbocycles. The average molecular weight is 248 g/mol. The van der Waals surface area contributed by atoms with Crippen molar-refractivity contribution in [2.45, 2.75) is 26.8 Å². The molecule has 1 aliphatic heterocycles. The number of hydrogen-bond acceptors (Lipinski definition) is 3. The van der Waals surface area contributed by atoms with Gasteiger partial charge in [0.1, 0.15) is 5.75 Å². The minimum absolute atomic E-state index is 0.480. The molecule has 1 unspecified atom stereocenters. The zero-order chi connectivity index (χ0) is 13.1. The Bertz CT molecular complexity index is 417. The Hall–Kier alpha value is -1.06. The first-order chi connectivity index (χ1) is 8.63. The summed E-state index contributed by atoms with van der Waals surface area (Å²) in [6.07, 6.45) is 0. The van der Waals surface area contributed by atoms with E-state index in [9.17, 15) is 0 Å². The second-order valence-electron chi connectivity index (χ2n) is 5.11. The van der Waals surface area contributed by atoms with E-state index >= 15 is 0 Å². The van der Waals surface area contributed by atoms with Gasteiger partial charge in [0.15, 0.2) is 0 Å². The van der Waals surface area contributed by atoms with Crippen molar-refractivity contribution >= 4 is 0 Å². The number of hydrogen-bond donors (Lipinski definition) is 1. The molecule has 3 heteroatoms. The SMILES string of the molecule is CCOc1cc(C)c(C2CNCCN2C)cc1C. The summed E-state index contributed by atoms with van der Waals surface area (Å²) >= 11 is 0. The topological polar surface area (TPSA) is 24.5 Å². The highest BCUT2D eigenvalue weighted by Gasteiger charge is 2.22. The van der Waals surface area contributed by atoms with Gasteiger partial charge in [-0.2, -0.15) is 0 Å². The fourth-order valence-corrected chi connectivity index (χ4v) is 2.64. The number of nitrogens with one attached hydrogen (secondary N) is 1. The lowest BCUT2D eigenvalue weighted by Gasteiger charge is -2.34. The lowest BCUT2D eigenvalue weighted by atomic mass is 9.96. The molecule has 1 heterocycles. The number of nitrogens with zero attached hydrogens (tertiary/aromatic N) is 1. The maximum atomic E-state index is 5.66. The Labute approximate surface area is 110 Å². The van der Waals surface area contributed by atoms with Crippen LogP contribution in [0.25, 0.3) is 0 Å². The molecule has 3 nitrogen and oxygen atoms in total. The predicted molar refractivity (Wildman–Crippen MR) is 75.3 cm³/mol. The second kappa shape index (κ2) is 5.72. The third kappa shape index (κ3) is 2.68. The number of rotatable bonds is 3. The van der Waals surface area contributed by atoms with Gasteiger partial charge in [0, 0.05) is 25.7 Å². The molecule has 1 aromatic carbocycles. The Morgan fingerprint density at radius 3 is 2.78 bits per heavy atom. The first-order valence-electron chi connectivity index (χ1n) is 6.78. The molecular weight excluding hydrogens is 224 g/mol. The maximum absolute atomic E-state index is 5.66. The molecule has 1 fully saturated rings. The van der Waals surface area contributed by atoms with Gasteiger partial charge in [0.05, 0.1) is 6.61 Å². The van der Waals surface area contributed by atoms with E-state index in [1.54, 1.807) is 0 Å². The molecule has 1 N–H and O–H groups in total. The lowest BCUT2D eigenvalue weighted by Crippen LogP contribution is -2.44. The molecular formula is C15H24N2O. The molecule has 0 bridgehead atoms. The van der Waals surface area contributed by atoms with Crippen molar-refractivity contribution in [2.24, 2.45) is 0 Å². The van der Waals surface area contributed by atoms with Crippen LogP contribution >= 0.6 is 0 Å². The Morgan fingerprint density at radius 2 is 2.11 bits per heavy atom. The minimum Gasteiger partial charge on any atom is -0.494 e. The Morgan fingerprint density at radius 1 is 1.33 bits per heavy atom. The van der Waals surface area contributed by atoms with Gasteiger partial charge < -0.3 is 10.1 Å². The molecule has 100 valence electrons. The van der Waals surface area contributed by atoms with Crippen molar-refractivity contribution in [1.82, 2.24) is 10.2 Å². The van der Waals surface area contributed by atoms with Crippen LogP contribution in [0.1, 0.15) is 29.7 Å². The smallest absolute Gasteiger partial charge is 0.122 e. The van der Waals surface area contributed by atoms with Crippen molar-refractivity contribution in [1.29, 1.82) is 0 Å². The second-order valence-corrected chi connectivity index (χ2v) is 5.11. The highest BCUT2D eigenvalue weighted by atomic mass is 16.5. The first kappa shape index (κ1) is 13.4. The summed E-state index contributed by atoms with van der Waals surface area (Å²) in [6.45, 7) is 10.3. The number of ether oxygens (including phenoxy) is 1. The van der Waals surface area contributed by atoms with Crippen LogP contribution in [0, 0.1) is 13.8 Å². The van der Waals surface area contributed by atoms with E-state index < -0.39 is 0 Å². The summed E-state index contributed by atoms with van der Waals surface area (Å²) in [5, 5.41) is 3.48. The van der Waals surface area contributed by atoms with Crippen LogP contribution in [-0.4, -0.2) is 38.2 Å². The van der Waals surface area contributed by atoms with Crippen LogP contribution in [0.5, 0.6) is 5.75 Å². The number of benzene rings is 1. The van der Waals surface area contributed by atoms with E-state index in [1.165, 1.54) is 16.7 Å². The standard InChI is InChI=1S/C15H24N2O/c1-5-18-15-9-11(2)13(8-12(15)3)14-10-16-6-7-17(14)4/h8-9,14,16H,5-7,10H2,1-4H3. The van der Waals surface area contributed by atoms with Gasteiger partial charge in [-0.25, -0.2) is 0 Å². The van der Waals surface area contributed by atoms with Gasteiger partial charge in [0.2, 0.25) is 0 Å². The molecule has 0 spiro atoms. The van der Waals surface area contributed by atoms with E-state index in [1.807, 2.05) is 6.92 Å². The van der Waals surface area contributed by atoms with Crippen LogP contribution in [-0.2, 0) is 0 Å². The third-order valence-corrected chi connectivity index (χ3v) is 3.73. The number of aryl methyl sites for hydroxylation is 2. The maximum Gasteiger partial charge on any atom is 0.122 e. The summed E-state index contributed by atoms with van der Waals surface area (Å²) < 4.78 is 5.66. The highest BCUT2D eigenvalue weighted by molar-refractivity contribution is 5.43. The zero-order valence-electron chi connectivity index (χ0n) is 11.9. The molecule has 1 atom stereocenters. The van der Waals surface area contributed by atoms with Gasteiger partial charge >= 0.3 is 0 Å². The van der Waals surface area contributed by atoms with Crippen molar-refractivity contribution in [3.05, 3.63) is 28.8 Å². The molecule has 1 saturated heterocycles. The van der Waals surface area contributed by atoms with Crippen molar-refractivity contribution in [2.75, 3.05) is 33.3 Å². The molecule has 0 aliphatic carbocycles. The van der Waals surface area contributed by atoms with Crippen molar-refractivity contribution < 1.29 is 4.74 Å². The Balaban J connectivity index is 2.30. The molecule has 0 amide bonds. The monoisotopic (exact) mass is 248 g/mol. The van der Waals surface area contributed by atoms with Crippen LogP contribution in [0.3, 0.4) is 0 Å². The molecule has 0 aromatic heterocycles.